The van der Waals surface area contributed by atoms with Gasteiger partial charge in [-0.05, 0) is 31.0 Å². The Morgan fingerprint density at radius 2 is 1.96 bits per heavy atom. The molecule has 0 aliphatic carbocycles. The monoisotopic (exact) mass is 344 g/mol. The molecule has 0 saturated carbocycles. The van der Waals surface area contributed by atoms with Gasteiger partial charge in [-0.2, -0.15) is 0 Å². The third kappa shape index (κ3) is 3.79. The van der Waals surface area contributed by atoms with Crippen molar-refractivity contribution >= 4 is 11.9 Å². The van der Waals surface area contributed by atoms with Crippen LogP contribution in [0.3, 0.4) is 0 Å². The second-order valence-corrected chi connectivity index (χ2v) is 5.63. The number of nitrogens with two attached hydrogens (primary N) is 1. The first-order valence-electron chi connectivity index (χ1n) is 7.86. The maximum Gasteiger partial charge on any atom is 0.305 e. The molecule has 2 aromatic rings. The first kappa shape index (κ1) is 18.4. The molecule has 0 fully saturated rings. The fraction of sp³-hybridized carbons (Fsp3) is 0.263. The van der Waals surface area contributed by atoms with Crippen LogP contribution in [0.2, 0.25) is 0 Å². The number of methoxy groups -OCH3 is 1. The van der Waals surface area contributed by atoms with Crippen molar-refractivity contribution in [3.63, 3.8) is 0 Å². The molecule has 1 aromatic heterocycles. The van der Waals surface area contributed by atoms with E-state index in [1.165, 1.54) is 19.2 Å². The topological polar surface area (TPSA) is 74.3 Å². The maximum absolute atomic E-state index is 13.3. The minimum Gasteiger partial charge on any atom is -0.469 e. The summed E-state index contributed by atoms with van der Waals surface area (Å²) in [7, 11) is 1.33. The highest BCUT2D eigenvalue weighted by Gasteiger charge is 2.24. The number of primary amides is 1. The van der Waals surface area contributed by atoms with Gasteiger partial charge in [0.25, 0.3) is 5.91 Å². The molecule has 0 aliphatic rings. The van der Waals surface area contributed by atoms with Crippen molar-refractivity contribution in [2.24, 2.45) is 5.73 Å². The highest BCUT2D eigenvalue weighted by Crippen LogP contribution is 2.34. The minimum atomic E-state index is -0.570. The molecule has 0 saturated heterocycles. The van der Waals surface area contributed by atoms with Crippen molar-refractivity contribution in [3.8, 4) is 11.1 Å². The second-order valence-electron chi connectivity index (χ2n) is 5.63. The van der Waals surface area contributed by atoms with Gasteiger partial charge in [0.15, 0.2) is 0 Å². The normalized spacial score (nSPS) is 10.5. The molecule has 2 N–H and O–H groups in total. The van der Waals surface area contributed by atoms with Crippen LogP contribution in [-0.2, 0) is 22.5 Å². The van der Waals surface area contributed by atoms with Crippen LogP contribution < -0.4 is 5.73 Å². The number of benzene rings is 1. The SMILES string of the molecule is C=CCn1c(C)c(C(N)=O)c(-c2ccc(F)cc2)c1CCC(=O)OC. The zero-order valence-electron chi connectivity index (χ0n) is 14.3. The van der Waals surface area contributed by atoms with Crippen molar-refractivity contribution in [1.29, 1.82) is 0 Å². The van der Waals surface area contributed by atoms with Gasteiger partial charge < -0.3 is 15.0 Å². The molecule has 0 unspecified atom stereocenters. The fourth-order valence-electron chi connectivity index (χ4n) is 2.99. The highest BCUT2D eigenvalue weighted by atomic mass is 19.1. The van der Waals surface area contributed by atoms with Crippen molar-refractivity contribution < 1.29 is 18.7 Å². The third-order valence-electron chi connectivity index (χ3n) is 4.12. The van der Waals surface area contributed by atoms with E-state index in [2.05, 4.69) is 6.58 Å². The van der Waals surface area contributed by atoms with E-state index < -0.39 is 5.91 Å². The van der Waals surface area contributed by atoms with Gasteiger partial charge in [-0.25, -0.2) is 4.39 Å². The Morgan fingerprint density at radius 3 is 2.48 bits per heavy atom. The van der Waals surface area contributed by atoms with Gasteiger partial charge in [0.2, 0.25) is 0 Å². The largest absolute Gasteiger partial charge is 0.469 e. The van der Waals surface area contributed by atoms with E-state index in [-0.39, 0.29) is 18.2 Å². The molecule has 25 heavy (non-hydrogen) atoms. The highest BCUT2D eigenvalue weighted by molar-refractivity contribution is 6.02. The Labute approximate surface area is 145 Å². The molecular weight excluding hydrogens is 323 g/mol. The van der Waals surface area contributed by atoms with E-state index in [0.29, 0.717) is 35.3 Å². The number of amides is 1. The van der Waals surface area contributed by atoms with E-state index in [1.54, 1.807) is 25.1 Å². The molecule has 132 valence electrons. The number of rotatable bonds is 7. The quantitative estimate of drug-likeness (QED) is 0.620. The van der Waals surface area contributed by atoms with Gasteiger partial charge in [0.1, 0.15) is 5.82 Å². The second kappa shape index (κ2) is 7.79. The first-order valence-corrected chi connectivity index (χ1v) is 7.86. The summed E-state index contributed by atoms with van der Waals surface area (Å²) in [5.74, 6) is -1.30. The van der Waals surface area contributed by atoms with E-state index in [4.69, 9.17) is 10.5 Å². The number of hydrogen-bond donors (Lipinski definition) is 1. The predicted octanol–water partition coefficient (Wildman–Crippen LogP) is 2.99. The summed E-state index contributed by atoms with van der Waals surface area (Å²) in [5.41, 5.74) is 8.71. The van der Waals surface area contributed by atoms with E-state index >= 15 is 0 Å². The smallest absolute Gasteiger partial charge is 0.305 e. The van der Waals surface area contributed by atoms with Gasteiger partial charge in [0, 0.05) is 23.5 Å². The van der Waals surface area contributed by atoms with Crippen LogP contribution in [0.25, 0.3) is 11.1 Å². The van der Waals surface area contributed by atoms with Crippen LogP contribution in [0.1, 0.15) is 28.2 Å². The van der Waals surface area contributed by atoms with Gasteiger partial charge in [-0.15, -0.1) is 6.58 Å². The summed E-state index contributed by atoms with van der Waals surface area (Å²) in [5, 5.41) is 0. The maximum atomic E-state index is 13.3. The lowest BCUT2D eigenvalue weighted by atomic mass is 9.98. The first-order chi connectivity index (χ1) is 11.9. The van der Waals surface area contributed by atoms with Crippen LogP contribution in [0.15, 0.2) is 36.9 Å². The molecule has 1 amide bonds. The third-order valence-corrected chi connectivity index (χ3v) is 4.12. The predicted molar refractivity (Wildman–Crippen MR) is 93.6 cm³/mol. The number of ether oxygens (including phenoxy) is 1. The van der Waals surface area contributed by atoms with E-state index in [9.17, 15) is 14.0 Å². The summed E-state index contributed by atoms with van der Waals surface area (Å²) >= 11 is 0. The lowest BCUT2D eigenvalue weighted by Gasteiger charge is -2.11. The zero-order valence-corrected chi connectivity index (χ0v) is 14.3. The number of aromatic nitrogens is 1. The summed E-state index contributed by atoms with van der Waals surface area (Å²) in [6.45, 7) is 5.99. The number of hydrogen-bond acceptors (Lipinski definition) is 3. The van der Waals surface area contributed by atoms with Crippen molar-refractivity contribution in [3.05, 3.63) is 59.7 Å². The average molecular weight is 344 g/mol. The van der Waals surface area contributed by atoms with Crippen molar-refractivity contribution in [2.75, 3.05) is 7.11 Å². The Balaban J connectivity index is 2.68. The summed E-state index contributed by atoms with van der Waals surface area (Å²) < 4.78 is 19.9. The number of carbonyl (C=O) groups is 2. The van der Waals surface area contributed by atoms with Gasteiger partial charge >= 0.3 is 5.97 Å². The lowest BCUT2D eigenvalue weighted by molar-refractivity contribution is -0.140. The Hall–Kier alpha value is -2.89. The molecule has 2 rings (SSSR count). The molecule has 0 atom stereocenters. The van der Waals surface area contributed by atoms with E-state index in [1.807, 2.05) is 4.57 Å². The van der Waals surface area contributed by atoms with Crippen molar-refractivity contribution in [2.45, 2.75) is 26.3 Å². The van der Waals surface area contributed by atoms with Crippen LogP contribution >= 0.6 is 0 Å². The number of esters is 1. The van der Waals surface area contributed by atoms with Gasteiger partial charge in [-0.3, -0.25) is 9.59 Å². The molecule has 0 aliphatic heterocycles. The zero-order chi connectivity index (χ0) is 18.6. The molecule has 1 aromatic carbocycles. The number of nitrogens with zero attached hydrogens (tertiary/aromatic N) is 1. The number of halogens is 1. The summed E-state index contributed by atoms with van der Waals surface area (Å²) in [6.07, 6.45) is 2.22. The Kier molecular flexibility index (Phi) is 5.75. The van der Waals surface area contributed by atoms with E-state index in [0.717, 1.165) is 5.69 Å². The molecule has 5 nitrogen and oxygen atoms in total. The number of carbonyl (C=O) groups excluding carboxylic acids is 2. The fourth-order valence-corrected chi connectivity index (χ4v) is 2.99. The van der Waals surface area contributed by atoms with Gasteiger partial charge in [-0.1, -0.05) is 18.2 Å². The summed E-state index contributed by atoms with van der Waals surface area (Å²) in [4.78, 5) is 23.6. The molecular formula is C19H21FN2O3. The molecule has 1 heterocycles. The molecule has 0 spiro atoms. The Morgan fingerprint density at radius 1 is 1.32 bits per heavy atom. The molecule has 6 heteroatoms. The van der Waals surface area contributed by atoms with Crippen LogP contribution in [-0.4, -0.2) is 23.6 Å². The summed E-state index contributed by atoms with van der Waals surface area (Å²) in [6, 6.07) is 5.83. The lowest BCUT2D eigenvalue weighted by Crippen LogP contribution is -2.13. The standard InChI is InChI=1S/C19H21FN2O3/c1-4-11-22-12(2)17(19(21)24)18(13-5-7-14(20)8-6-13)15(22)9-10-16(23)25-3/h4-8H,1,9-11H2,2-3H3,(H2,21,24). The molecule has 0 radical (unpaired) electrons. The van der Waals surface area contributed by atoms with Crippen LogP contribution in [0.4, 0.5) is 4.39 Å². The average Bonchev–Trinajstić information content (AvgIpc) is 2.86. The van der Waals surface area contributed by atoms with Crippen LogP contribution in [0, 0.1) is 12.7 Å². The van der Waals surface area contributed by atoms with Crippen LogP contribution in [0.5, 0.6) is 0 Å². The van der Waals surface area contributed by atoms with Gasteiger partial charge in [0.05, 0.1) is 19.1 Å². The number of allylic oxidation sites excluding steroid dienone is 1. The molecule has 0 bridgehead atoms. The minimum absolute atomic E-state index is 0.156. The van der Waals surface area contributed by atoms with Crippen molar-refractivity contribution in [1.82, 2.24) is 4.57 Å². The Bertz CT molecular complexity index is 807.